The minimum Gasteiger partial charge on any atom is -0.550 e. The molecule has 3 rings (SSSR count). The molecule has 1 amide bonds. The van der Waals surface area contributed by atoms with Gasteiger partial charge in [0.25, 0.3) is 0 Å². The number of hydrogen-bond acceptors (Lipinski definition) is 6. The lowest BCUT2D eigenvalue weighted by Crippen LogP contribution is -2.42. The molecule has 0 spiro atoms. The maximum atomic E-state index is 13.0. The van der Waals surface area contributed by atoms with Crippen molar-refractivity contribution in [3.8, 4) is 5.75 Å². The first kappa shape index (κ1) is 23.4. The quantitative estimate of drug-likeness (QED) is 0.661. The van der Waals surface area contributed by atoms with Crippen LogP contribution >= 0.6 is 0 Å². The Balaban J connectivity index is 1.75. The Labute approximate surface area is 183 Å². The molecule has 1 aromatic heterocycles. The highest BCUT2D eigenvalue weighted by molar-refractivity contribution is 5.83. The molecular formula is C22H23F3N3O4-. The molecule has 1 aliphatic rings. The highest BCUT2D eigenvalue weighted by Gasteiger charge is 2.37. The van der Waals surface area contributed by atoms with Crippen LogP contribution in [0.4, 0.5) is 19.0 Å². The molecule has 0 radical (unpaired) electrons. The van der Waals surface area contributed by atoms with Gasteiger partial charge in [-0.2, -0.15) is 13.2 Å². The number of nitrogens with zero attached hydrogens (tertiary/aromatic N) is 2. The smallest absolute Gasteiger partial charge is 0.406 e. The number of carbonyl (C=O) groups excluding carboxylic acids is 2. The van der Waals surface area contributed by atoms with Crippen LogP contribution in [0.1, 0.15) is 23.2 Å². The number of carbonyl (C=O) groups is 2. The minimum absolute atomic E-state index is 0.0253. The lowest BCUT2D eigenvalue weighted by atomic mass is 9.94. The second kappa shape index (κ2) is 9.88. The Morgan fingerprint density at radius 3 is 2.75 bits per heavy atom. The van der Waals surface area contributed by atoms with Crippen molar-refractivity contribution in [2.24, 2.45) is 5.92 Å². The van der Waals surface area contributed by atoms with Crippen LogP contribution in [0.15, 0.2) is 36.4 Å². The molecule has 10 heteroatoms. The molecule has 7 nitrogen and oxygen atoms in total. The zero-order valence-electron chi connectivity index (χ0n) is 17.4. The van der Waals surface area contributed by atoms with E-state index >= 15 is 0 Å². The monoisotopic (exact) mass is 450 g/mol. The summed E-state index contributed by atoms with van der Waals surface area (Å²) in [7, 11) is 1.77. The van der Waals surface area contributed by atoms with Crippen molar-refractivity contribution in [3.63, 3.8) is 0 Å². The lowest BCUT2D eigenvalue weighted by molar-refractivity contribution is -0.306. The summed E-state index contributed by atoms with van der Waals surface area (Å²) in [6, 6.07) is 10.5. The molecule has 1 aliphatic heterocycles. The second-order valence-electron chi connectivity index (χ2n) is 7.58. The molecule has 0 bridgehead atoms. The highest BCUT2D eigenvalue weighted by atomic mass is 19.4. The van der Waals surface area contributed by atoms with Gasteiger partial charge >= 0.3 is 6.18 Å². The number of benzene rings is 1. The van der Waals surface area contributed by atoms with Crippen molar-refractivity contribution < 1.29 is 32.6 Å². The average Bonchev–Trinajstić information content (AvgIpc) is 2.83. The van der Waals surface area contributed by atoms with Crippen molar-refractivity contribution in [3.05, 3.63) is 53.2 Å². The van der Waals surface area contributed by atoms with Gasteiger partial charge in [0.05, 0.1) is 6.61 Å². The van der Waals surface area contributed by atoms with Crippen molar-refractivity contribution in [1.82, 2.24) is 9.88 Å². The number of halogens is 3. The number of hydrogen-bond donors (Lipinski definition) is 1. The van der Waals surface area contributed by atoms with E-state index in [9.17, 15) is 27.9 Å². The molecule has 0 fully saturated rings. The van der Waals surface area contributed by atoms with Gasteiger partial charge in [0.2, 0.25) is 5.91 Å². The lowest BCUT2D eigenvalue weighted by Gasteiger charge is -2.25. The van der Waals surface area contributed by atoms with Gasteiger partial charge in [0.1, 0.15) is 18.1 Å². The third-order valence-electron chi connectivity index (χ3n) is 5.14. The SMILES string of the molecule is CNc1cccc(CCOc2ccc3c(c2)CN(CC(F)(F)F)C(=O)[C@H](CC(=O)[O-])C3)n1. The van der Waals surface area contributed by atoms with E-state index in [-0.39, 0.29) is 13.0 Å². The van der Waals surface area contributed by atoms with Crippen molar-refractivity contribution in [2.45, 2.75) is 32.0 Å². The van der Waals surface area contributed by atoms with Gasteiger partial charge in [0.15, 0.2) is 0 Å². The number of pyridine rings is 1. The molecular weight excluding hydrogens is 427 g/mol. The summed E-state index contributed by atoms with van der Waals surface area (Å²) < 4.78 is 44.8. The maximum Gasteiger partial charge on any atom is 0.406 e. The summed E-state index contributed by atoms with van der Waals surface area (Å²) in [5.74, 6) is -2.25. The fourth-order valence-corrected chi connectivity index (χ4v) is 3.68. The average molecular weight is 450 g/mol. The minimum atomic E-state index is -4.60. The topological polar surface area (TPSA) is 94.6 Å². The molecule has 0 aliphatic carbocycles. The van der Waals surface area contributed by atoms with E-state index in [1.807, 2.05) is 18.2 Å². The van der Waals surface area contributed by atoms with E-state index in [4.69, 9.17) is 4.74 Å². The first-order chi connectivity index (χ1) is 15.1. The van der Waals surface area contributed by atoms with Crippen molar-refractivity contribution in [2.75, 3.05) is 25.5 Å². The fraction of sp³-hybridized carbons (Fsp3) is 0.409. The van der Waals surface area contributed by atoms with E-state index in [2.05, 4.69) is 10.3 Å². The number of carboxylic acid groups (broad SMARTS) is 1. The molecule has 2 heterocycles. The van der Waals surface area contributed by atoms with Crippen LogP contribution in [-0.2, 0) is 29.0 Å². The molecule has 0 unspecified atom stereocenters. The zero-order valence-corrected chi connectivity index (χ0v) is 17.4. The standard InChI is InChI=1S/C22H24F3N3O4/c1-26-19-4-2-3-17(27-19)7-8-32-18-6-5-14-9-15(11-20(29)30)21(31)28(12-16(14)10-18)13-22(23,24)25/h2-6,10,15H,7-9,11-13H2,1H3,(H,26,27)(H,29,30)/p-1/t15-/m0/s1. The van der Waals surface area contributed by atoms with E-state index < -0.39 is 36.9 Å². The number of carboxylic acids is 1. The van der Waals surface area contributed by atoms with Crippen LogP contribution < -0.4 is 15.2 Å². The fourth-order valence-electron chi connectivity index (χ4n) is 3.68. The number of fused-ring (bicyclic) bond motifs is 1. The summed E-state index contributed by atoms with van der Waals surface area (Å²) in [4.78, 5) is 28.7. The largest absolute Gasteiger partial charge is 0.550 e. The van der Waals surface area contributed by atoms with Gasteiger partial charge in [-0.25, -0.2) is 4.98 Å². The number of amides is 1. The van der Waals surface area contributed by atoms with Crippen LogP contribution in [0.3, 0.4) is 0 Å². The Hall–Kier alpha value is -3.30. The number of nitrogens with one attached hydrogen (secondary N) is 1. The zero-order chi connectivity index (χ0) is 23.3. The Morgan fingerprint density at radius 2 is 2.06 bits per heavy atom. The molecule has 0 saturated heterocycles. The van der Waals surface area contributed by atoms with Crippen LogP contribution in [0.25, 0.3) is 0 Å². The molecule has 0 saturated carbocycles. The first-order valence-corrected chi connectivity index (χ1v) is 10.1. The first-order valence-electron chi connectivity index (χ1n) is 10.1. The van der Waals surface area contributed by atoms with Crippen LogP contribution in [-0.4, -0.2) is 48.1 Å². The Morgan fingerprint density at radius 1 is 1.28 bits per heavy atom. The number of anilines is 1. The predicted molar refractivity (Wildman–Crippen MR) is 108 cm³/mol. The van der Waals surface area contributed by atoms with Crippen molar-refractivity contribution >= 4 is 17.7 Å². The van der Waals surface area contributed by atoms with E-state index in [0.717, 1.165) is 11.5 Å². The molecule has 1 N–H and O–H groups in total. The number of alkyl halides is 3. The molecule has 32 heavy (non-hydrogen) atoms. The number of ether oxygens (including phenoxy) is 1. The van der Waals surface area contributed by atoms with Gasteiger partial charge < -0.3 is 24.9 Å². The Bertz CT molecular complexity index is 981. The third-order valence-corrected chi connectivity index (χ3v) is 5.14. The summed E-state index contributed by atoms with van der Waals surface area (Å²) in [5.41, 5.74) is 1.93. The summed E-state index contributed by atoms with van der Waals surface area (Å²) >= 11 is 0. The van der Waals surface area contributed by atoms with Gasteiger partial charge in [-0.3, -0.25) is 4.79 Å². The third kappa shape index (κ3) is 6.35. The van der Waals surface area contributed by atoms with Gasteiger partial charge in [-0.1, -0.05) is 12.1 Å². The van der Waals surface area contributed by atoms with Crippen molar-refractivity contribution in [1.29, 1.82) is 0 Å². The maximum absolute atomic E-state index is 13.0. The normalized spacial score (nSPS) is 16.3. The molecule has 1 atom stereocenters. The number of aromatic nitrogens is 1. The number of rotatable bonds is 8. The van der Waals surface area contributed by atoms with Crippen LogP contribution in [0.2, 0.25) is 0 Å². The van der Waals surface area contributed by atoms with E-state index in [0.29, 0.717) is 34.8 Å². The van der Waals surface area contributed by atoms with Gasteiger partial charge in [-0.15, -0.1) is 0 Å². The summed E-state index contributed by atoms with van der Waals surface area (Å²) in [6.45, 7) is -1.43. The highest BCUT2D eigenvalue weighted by Crippen LogP contribution is 2.30. The summed E-state index contributed by atoms with van der Waals surface area (Å²) in [5, 5.41) is 14.0. The van der Waals surface area contributed by atoms with E-state index in [1.165, 1.54) is 0 Å². The predicted octanol–water partition coefficient (Wildman–Crippen LogP) is 1.95. The van der Waals surface area contributed by atoms with Gasteiger partial charge in [-0.05, 0) is 48.2 Å². The Kier molecular flexibility index (Phi) is 7.22. The number of aliphatic carboxylic acids is 1. The second-order valence-corrected chi connectivity index (χ2v) is 7.58. The van der Waals surface area contributed by atoms with Crippen LogP contribution in [0.5, 0.6) is 5.75 Å². The molecule has 2 aromatic rings. The van der Waals surface area contributed by atoms with E-state index in [1.54, 1.807) is 25.2 Å². The van der Waals surface area contributed by atoms with Crippen LogP contribution in [0, 0.1) is 5.92 Å². The molecule has 172 valence electrons. The molecule has 1 aromatic carbocycles. The van der Waals surface area contributed by atoms with Gasteiger partial charge in [0, 0.05) is 37.6 Å². The summed E-state index contributed by atoms with van der Waals surface area (Å²) in [6.07, 6.45) is -4.69.